The lowest BCUT2D eigenvalue weighted by Gasteiger charge is -2.40. The van der Waals surface area contributed by atoms with Crippen LogP contribution in [-0.4, -0.2) is 59.6 Å². The molecule has 2 aromatic rings. The molecule has 6 nitrogen and oxygen atoms in total. The highest BCUT2D eigenvalue weighted by Crippen LogP contribution is 2.26. The Bertz CT molecular complexity index is 930. The molecule has 1 atom stereocenters. The van der Waals surface area contributed by atoms with Crippen molar-refractivity contribution >= 4 is 23.3 Å². The van der Waals surface area contributed by atoms with Crippen LogP contribution in [0.5, 0.6) is 0 Å². The average Bonchev–Trinajstić information content (AvgIpc) is 2.79. The van der Waals surface area contributed by atoms with Gasteiger partial charge < -0.3 is 10.2 Å². The van der Waals surface area contributed by atoms with Gasteiger partial charge in [-0.1, -0.05) is 30.3 Å². The molecule has 0 aliphatic carbocycles. The van der Waals surface area contributed by atoms with Gasteiger partial charge >= 0.3 is 0 Å². The Labute approximate surface area is 184 Å². The van der Waals surface area contributed by atoms with Gasteiger partial charge in [0.1, 0.15) is 0 Å². The number of piperazine rings is 1. The molecule has 0 saturated carbocycles. The first-order chi connectivity index (χ1) is 14.7. The SMILES string of the molecule is CC(=O)c1ccc(NC(=O)C(C)N2CCN(C(=O)C(C)(C)c3ccccc3)CC2)cc1. The first kappa shape index (κ1) is 22.7. The van der Waals surface area contributed by atoms with Crippen molar-refractivity contribution in [1.82, 2.24) is 9.80 Å². The van der Waals surface area contributed by atoms with Crippen molar-refractivity contribution in [2.45, 2.75) is 39.2 Å². The standard InChI is InChI=1S/C25H31N3O3/c1-18(23(30)26-22-12-10-20(11-13-22)19(2)29)27-14-16-28(17-15-27)24(31)25(3,4)21-8-6-5-7-9-21/h5-13,18H,14-17H2,1-4H3,(H,26,30). The minimum atomic E-state index is -0.585. The predicted molar refractivity (Wildman–Crippen MR) is 122 cm³/mol. The van der Waals surface area contributed by atoms with E-state index < -0.39 is 5.41 Å². The van der Waals surface area contributed by atoms with Crippen LogP contribution in [0.15, 0.2) is 54.6 Å². The summed E-state index contributed by atoms with van der Waals surface area (Å²) in [6, 6.07) is 16.4. The molecular formula is C25H31N3O3. The number of rotatable bonds is 6. The van der Waals surface area contributed by atoms with E-state index in [1.165, 1.54) is 6.92 Å². The fourth-order valence-corrected chi connectivity index (χ4v) is 3.89. The molecule has 1 heterocycles. The maximum absolute atomic E-state index is 13.2. The van der Waals surface area contributed by atoms with Gasteiger partial charge in [0.25, 0.3) is 0 Å². The van der Waals surface area contributed by atoms with Crippen molar-refractivity contribution in [3.05, 3.63) is 65.7 Å². The molecule has 0 aromatic heterocycles. The van der Waals surface area contributed by atoms with Gasteiger partial charge in [0, 0.05) is 37.4 Å². The van der Waals surface area contributed by atoms with Crippen LogP contribution in [0.25, 0.3) is 0 Å². The Morgan fingerprint density at radius 2 is 1.48 bits per heavy atom. The van der Waals surface area contributed by atoms with Crippen molar-refractivity contribution in [2.75, 3.05) is 31.5 Å². The lowest BCUT2D eigenvalue weighted by molar-refractivity contribution is -0.138. The maximum Gasteiger partial charge on any atom is 0.241 e. The van der Waals surface area contributed by atoms with Crippen molar-refractivity contribution in [1.29, 1.82) is 0 Å². The topological polar surface area (TPSA) is 69.7 Å². The van der Waals surface area contributed by atoms with Gasteiger partial charge in [-0.25, -0.2) is 0 Å². The highest BCUT2D eigenvalue weighted by atomic mass is 16.2. The van der Waals surface area contributed by atoms with Crippen molar-refractivity contribution in [3.8, 4) is 0 Å². The molecule has 164 valence electrons. The van der Waals surface area contributed by atoms with Gasteiger partial charge in [-0.3, -0.25) is 19.3 Å². The monoisotopic (exact) mass is 421 g/mol. The Kier molecular flexibility index (Phi) is 6.91. The summed E-state index contributed by atoms with van der Waals surface area (Å²) >= 11 is 0. The van der Waals surface area contributed by atoms with Gasteiger partial charge in [0.2, 0.25) is 11.8 Å². The normalized spacial score (nSPS) is 15.9. The minimum absolute atomic E-state index is 0.00546. The second-order valence-corrected chi connectivity index (χ2v) is 8.62. The fourth-order valence-electron chi connectivity index (χ4n) is 3.89. The van der Waals surface area contributed by atoms with E-state index in [1.54, 1.807) is 24.3 Å². The number of benzene rings is 2. The number of amides is 2. The number of nitrogens with zero attached hydrogens (tertiary/aromatic N) is 2. The number of nitrogens with one attached hydrogen (secondary N) is 1. The second-order valence-electron chi connectivity index (χ2n) is 8.62. The molecule has 1 aliphatic rings. The van der Waals surface area contributed by atoms with E-state index in [9.17, 15) is 14.4 Å². The summed E-state index contributed by atoms with van der Waals surface area (Å²) in [7, 11) is 0. The van der Waals surface area contributed by atoms with E-state index in [0.717, 1.165) is 5.56 Å². The third kappa shape index (κ3) is 5.20. The zero-order valence-corrected chi connectivity index (χ0v) is 18.7. The minimum Gasteiger partial charge on any atom is -0.339 e. The summed E-state index contributed by atoms with van der Waals surface area (Å²) in [4.78, 5) is 41.2. The average molecular weight is 422 g/mol. The number of carbonyl (C=O) groups is 3. The number of hydrogen-bond acceptors (Lipinski definition) is 4. The van der Waals surface area contributed by atoms with Crippen LogP contribution in [0, 0.1) is 0 Å². The van der Waals surface area contributed by atoms with Gasteiger partial charge in [-0.05, 0) is 57.5 Å². The van der Waals surface area contributed by atoms with Crippen LogP contribution in [-0.2, 0) is 15.0 Å². The van der Waals surface area contributed by atoms with Crippen LogP contribution >= 0.6 is 0 Å². The van der Waals surface area contributed by atoms with E-state index in [0.29, 0.717) is 37.4 Å². The maximum atomic E-state index is 13.2. The summed E-state index contributed by atoms with van der Waals surface area (Å²) in [5.74, 6) is 0.00934. The lowest BCUT2D eigenvalue weighted by atomic mass is 9.83. The molecule has 0 spiro atoms. The summed E-state index contributed by atoms with van der Waals surface area (Å²) in [6.07, 6.45) is 0. The van der Waals surface area contributed by atoms with Crippen LogP contribution < -0.4 is 5.32 Å². The number of anilines is 1. The number of ketones is 1. The van der Waals surface area contributed by atoms with Gasteiger partial charge in [-0.2, -0.15) is 0 Å². The largest absolute Gasteiger partial charge is 0.339 e. The first-order valence-corrected chi connectivity index (χ1v) is 10.7. The van der Waals surface area contributed by atoms with Crippen molar-refractivity contribution in [2.24, 2.45) is 0 Å². The number of hydrogen-bond donors (Lipinski definition) is 1. The number of Topliss-reactive ketones (excluding diaryl/α,β-unsaturated/α-hetero) is 1. The molecule has 31 heavy (non-hydrogen) atoms. The van der Waals surface area contributed by atoms with Crippen molar-refractivity contribution in [3.63, 3.8) is 0 Å². The first-order valence-electron chi connectivity index (χ1n) is 10.7. The van der Waals surface area contributed by atoms with Gasteiger partial charge in [-0.15, -0.1) is 0 Å². The molecule has 0 bridgehead atoms. The van der Waals surface area contributed by atoms with Gasteiger partial charge in [0.05, 0.1) is 11.5 Å². The third-order valence-electron chi connectivity index (χ3n) is 6.12. The van der Waals surface area contributed by atoms with Crippen molar-refractivity contribution < 1.29 is 14.4 Å². The Morgan fingerprint density at radius 1 is 0.903 bits per heavy atom. The molecule has 6 heteroatoms. The molecule has 3 rings (SSSR count). The van der Waals surface area contributed by atoms with Gasteiger partial charge in [0.15, 0.2) is 5.78 Å². The smallest absolute Gasteiger partial charge is 0.241 e. The highest BCUT2D eigenvalue weighted by Gasteiger charge is 2.36. The van der Waals surface area contributed by atoms with Crippen LogP contribution in [0.1, 0.15) is 43.6 Å². The molecule has 1 unspecified atom stereocenters. The van der Waals surface area contributed by atoms with Crippen LogP contribution in [0.4, 0.5) is 5.69 Å². The molecule has 1 saturated heterocycles. The molecule has 2 aromatic carbocycles. The Hall–Kier alpha value is -2.99. The molecule has 1 aliphatic heterocycles. The molecule has 1 fully saturated rings. The quantitative estimate of drug-likeness (QED) is 0.727. The van der Waals surface area contributed by atoms with E-state index in [4.69, 9.17) is 0 Å². The lowest BCUT2D eigenvalue weighted by Crippen LogP contribution is -2.56. The van der Waals surface area contributed by atoms with Crippen LogP contribution in [0.3, 0.4) is 0 Å². The molecule has 1 N–H and O–H groups in total. The predicted octanol–water partition coefficient (Wildman–Crippen LogP) is 3.34. The Balaban J connectivity index is 1.55. The third-order valence-corrected chi connectivity index (χ3v) is 6.12. The molecular weight excluding hydrogens is 390 g/mol. The number of carbonyl (C=O) groups excluding carboxylic acids is 3. The van der Waals surface area contributed by atoms with E-state index >= 15 is 0 Å². The highest BCUT2D eigenvalue weighted by molar-refractivity contribution is 5.97. The van der Waals surface area contributed by atoms with Crippen LogP contribution in [0.2, 0.25) is 0 Å². The zero-order valence-electron chi connectivity index (χ0n) is 18.7. The second kappa shape index (κ2) is 9.43. The zero-order chi connectivity index (χ0) is 22.6. The summed E-state index contributed by atoms with van der Waals surface area (Å²) in [6.45, 7) is 9.81. The molecule has 0 radical (unpaired) electrons. The summed E-state index contributed by atoms with van der Waals surface area (Å²) in [5.41, 5.74) is 1.70. The molecule has 2 amide bonds. The summed E-state index contributed by atoms with van der Waals surface area (Å²) in [5, 5.41) is 2.91. The van der Waals surface area contributed by atoms with E-state index in [2.05, 4.69) is 10.2 Å². The summed E-state index contributed by atoms with van der Waals surface area (Å²) < 4.78 is 0. The van der Waals surface area contributed by atoms with E-state index in [1.807, 2.05) is 56.0 Å². The van der Waals surface area contributed by atoms with E-state index in [-0.39, 0.29) is 23.6 Å². The fraction of sp³-hybridized carbons (Fsp3) is 0.400. The Morgan fingerprint density at radius 3 is 2.03 bits per heavy atom.